The summed E-state index contributed by atoms with van der Waals surface area (Å²) in [5.41, 5.74) is 3.03. The van der Waals surface area contributed by atoms with Crippen LogP contribution in [0, 0.1) is 11.6 Å². The number of rotatable bonds is 5. The highest BCUT2D eigenvalue weighted by molar-refractivity contribution is 5.75. The van der Waals surface area contributed by atoms with Crippen LogP contribution in [-0.4, -0.2) is 44.2 Å². The van der Waals surface area contributed by atoms with Crippen molar-refractivity contribution < 1.29 is 26.7 Å². The molecule has 0 bridgehead atoms. The van der Waals surface area contributed by atoms with Gasteiger partial charge in [0.1, 0.15) is 16.9 Å². The third-order valence-corrected chi connectivity index (χ3v) is 6.74. The topological polar surface area (TPSA) is 78.8 Å². The van der Waals surface area contributed by atoms with Crippen LogP contribution < -0.4 is 5.73 Å². The van der Waals surface area contributed by atoms with Crippen molar-refractivity contribution in [1.29, 1.82) is 0 Å². The summed E-state index contributed by atoms with van der Waals surface area (Å²) in [6, 6.07) is 11.9. The predicted molar refractivity (Wildman–Crippen MR) is 126 cm³/mol. The maximum atomic E-state index is 14.4. The lowest BCUT2D eigenvalue weighted by Gasteiger charge is -2.46. The molecular formula is C26H22F5N5O. The molecule has 0 spiro atoms. The van der Waals surface area contributed by atoms with E-state index in [0.717, 1.165) is 6.07 Å². The summed E-state index contributed by atoms with van der Waals surface area (Å²) in [4.78, 5) is 8.48. The molecule has 2 heterocycles. The first-order valence-corrected chi connectivity index (χ1v) is 11.4. The fourth-order valence-electron chi connectivity index (χ4n) is 4.77. The standard InChI is InChI=1S/C26H22F5N5O/c1-37-24(11-10-18(16-6-3-2-4-7-16)25(32,14-24)26(29,30)31)15-36-13-21-20(12-33-36)34-23(35-21)17-8-5-9-19(27)22(17)28/h2-10,12-13H,11,14-15,32H2,1H3. The summed E-state index contributed by atoms with van der Waals surface area (Å²) >= 11 is 0. The van der Waals surface area contributed by atoms with E-state index >= 15 is 0 Å². The van der Waals surface area contributed by atoms with Gasteiger partial charge in [-0.15, -0.1) is 0 Å². The number of benzene rings is 2. The zero-order chi connectivity index (χ0) is 26.4. The first kappa shape index (κ1) is 25.0. The number of hydrogen-bond acceptors (Lipinski definition) is 5. The summed E-state index contributed by atoms with van der Waals surface area (Å²) in [7, 11) is 1.34. The number of halogens is 5. The second-order valence-electron chi connectivity index (χ2n) is 9.11. The van der Waals surface area contributed by atoms with Crippen molar-refractivity contribution in [3.05, 3.63) is 84.2 Å². The maximum Gasteiger partial charge on any atom is 0.410 e. The van der Waals surface area contributed by atoms with E-state index < -0.39 is 35.4 Å². The molecule has 11 heteroatoms. The molecule has 0 aromatic heterocycles. The molecule has 0 fully saturated rings. The molecular weight excluding hydrogens is 493 g/mol. The van der Waals surface area contributed by atoms with Gasteiger partial charge in [-0.25, -0.2) is 18.7 Å². The van der Waals surface area contributed by atoms with Gasteiger partial charge in [0.15, 0.2) is 17.5 Å². The Bertz CT molecular complexity index is 1440. The predicted octanol–water partition coefficient (Wildman–Crippen LogP) is 5.25. The minimum absolute atomic E-state index is 0.00894. The lowest BCUT2D eigenvalue weighted by Crippen LogP contribution is -2.61. The van der Waals surface area contributed by atoms with Gasteiger partial charge in [0, 0.05) is 13.5 Å². The summed E-state index contributed by atoms with van der Waals surface area (Å²) < 4.78 is 78.1. The number of fused-ring (bicyclic) bond motifs is 1. The van der Waals surface area contributed by atoms with Gasteiger partial charge in [0.2, 0.25) is 0 Å². The van der Waals surface area contributed by atoms with E-state index in [0.29, 0.717) is 17.0 Å². The second kappa shape index (κ2) is 9.00. The number of hydrogen-bond donors (Lipinski definition) is 1. The quantitative estimate of drug-likeness (QED) is 0.368. The van der Waals surface area contributed by atoms with Crippen LogP contribution in [0.4, 0.5) is 22.0 Å². The SMILES string of the molecule is COC1(Cn2cc3nc(-c4cccc(F)c4F)nc-3cn2)CC=C(c2ccccc2)C(N)(C(F)(F)F)C1. The number of alkyl halides is 3. The summed E-state index contributed by atoms with van der Waals surface area (Å²) in [6.07, 6.45) is -0.822. The van der Waals surface area contributed by atoms with Crippen molar-refractivity contribution in [3.63, 3.8) is 0 Å². The van der Waals surface area contributed by atoms with E-state index in [1.165, 1.54) is 42.4 Å². The Kier molecular flexibility index (Phi) is 6.07. The average molecular weight is 515 g/mol. The zero-order valence-electron chi connectivity index (χ0n) is 19.6. The molecule has 1 aliphatic carbocycles. The van der Waals surface area contributed by atoms with Gasteiger partial charge in [-0.1, -0.05) is 42.5 Å². The van der Waals surface area contributed by atoms with E-state index in [9.17, 15) is 22.0 Å². The first-order valence-electron chi connectivity index (χ1n) is 11.4. The minimum Gasteiger partial charge on any atom is -0.376 e. The Balaban J connectivity index is 1.50. The molecule has 0 amide bonds. The monoisotopic (exact) mass is 515 g/mol. The molecule has 0 saturated carbocycles. The molecule has 0 saturated heterocycles. The van der Waals surface area contributed by atoms with Crippen LogP contribution in [0.15, 0.2) is 67.0 Å². The normalized spacial score (nSPS) is 22.3. The largest absolute Gasteiger partial charge is 0.410 e. The molecule has 2 N–H and O–H groups in total. The molecule has 3 aliphatic rings. The van der Waals surface area contributed by atoms with Crippen LogP contribution >= 0.6 is 0 Å². The van der Waals surface area contributed by atoms with Gasteiger partial charge < -0.3 is 10.5 Å². The first-order chi connectivity index (χ1) is 17.6. The maximum absolute atomic E-state index is 14.4. The number of nitrogens with two attached hydrogens (primary N) is 1. The summed E-state index contributed by atoms with van der Waals surface area (Å²) in [5, 5.41) is 4.25. The number of methoxy groups -OCH3 is 1. The molecule has 37 heavy (non-hydrogen) atoms. The van der Waals surface area contributed by atoms with E-state index in [1.54, 1.807) is 30.3 Å². The summed E-state index contributed by atoms with van der Waals surface area (Å²) in [5.74, 6) is -2.14. The average Bonchev–Trinajstić information content (AvgIpc) is 3.29. The Morgan fingerprint density at radius 3 is 2.46 bits per heavy atom. The van der Waals surface area contributed by atoms with Crippen molar-refractivity contribution in [2.24, 2.45) is 5.73 Å². The highest BCUT2D eigenvalue weighted by atomic mass is 19.4. The van der Waals surface area contributed by atoms with Crippen LogP contribution in [0.1, 0.15) is 18.4 Å². The molecule has 0 radical (unpaired) electrons. The molecule has 192 valence electrons. The molecule has 2 aromatic carbocycles. The van der Waals surface area contributed by atoms with Crippen LogP contribution in [-0.2, 0) is 11.3 Å². The Morgan fingerprint density at radius 2 is 1.76 bits per heavy atom. The summed E-state index contributed by atoms with van der Waals surface area (Å²) in [6.45, 7) is -0.0659. The van der Waals surface area contributed by atoms with Crippen LogP contribution in [0.5, 0.6) is 0 Å². The fourth-order valence-corrected chi connectivity index (χ4v) is 4.77. The Hall–Kier alpha value is -3.70. The van der Waals surface area contributed by atoms with Crippen LogP contribution in [0.3, 0.4) is 0 Å². The second-order valence-corrected chi connectivity index (χ2v) is 9.11. The number of ether oxygens (including phenoxy) is 1. The zero-order valence-corrected chi connectivity index (χ0v) is 19.6. The minimum atomic E-state index is -4.75. The van der Waals surface area contributed by atoms with Crippen molar-refractivity contribution in [2.45, 2.75) is 36.7 Å². The number of aromatic nitrogens is 4. The van der Waals surface area contributed by atoms with Gasteiger partial charge >= 0.3 is 6.18 Å². The molecule has 2 aromatic rings. The van der Waals surface area contributed by atoms with E-state index in [2.05, 4.69) is 15.1 Å². The molecule has 5 rings (SSSR count). The van der Waals surface area contributed by atoms with Crippen molar-refractivity contribution in [1.82, 2.24) is 19.7 Å². The van der Waals surface area contributed by atoms with Gasteiger partial charge in [-0.05, 0) is 29.7 Å². The highest BCUT2D eigenvalue weighted by Crippen LogP contribution is 2.49. The van der Waals surface area contributed by atoms with E-state index in [4.69, 9.17) is 10.5 Å². The lowest BCUT2D eigenvalue weighted by molar-refractivity contribution is -0.189. The fraction of sp³-hybridized carbons (Fsp3) is 0.269. The van der Waals surface area contributed by atoms with Gasteiger partial charge in [-0.2, -0.15) is 18.3 Å². The van der Waals surface area contributed by atoms with Crippen LogP contribution in [0.2, 0.25) is 0 Å². The van der Waals surface area contributed by atoms with Crippen molar-refractivity contribution >= 4 is 5.57 Å². The van der Waals surface area contributed by atoms with Crippen molar-refractivity contribution in [3.8, 4) is 22.8 Å². The lowest BCUT2D eigenvalue weighted by atomic mass is 9.70. The molecule has 2 atom stereocenters. The van der Waals surface area contributed by atoms with E-state index in [1.807, 2.05) is 0 Å². The molecule has 2 aliphatic heterocycles. The van der Waals surface area contributed by atoms with E-state index in [-0.39, 0.29) is 29.9 Å². The number of nitrogens with zero attached hydrogens (tertiary/aromatic N) is 4. The third kappa shape index (κ3) is 4.38. The van der Waals surface area contributed by atoms with Gasteiger partial charge in [-0.3, -0.25) is 4.68 Å². The number of imidazole rings is 1. The van der Waals surface area contributed by atoms with Gasteiger partial charge in [0.05, 0.1) is 30.1 Å². The highest BCUT2D eigenvalue weighted by Gasteiger charge is 2.60. The van der Waals surface area contributed by atoms with Gasteiger partial charge in [0.25, 0.3) is 0 Å². The molecule has 6 nitrogen and oxygen atoms in total. The van der Waals surface area contributed by atoms with Crippen molar-refractivity contribution in [2.75, 3.05) is 7.11 Å². The molecule has 2 unspecified atom stereocenters. The Labute approximate surface area is 208 Å². The van der Waals surface area contributed by atoms with Crippen LogP contribution in [0.25, 0.3) is 28.3 Å². The smallest absolute Gasteiger partial charge is 0.376 e. The Morgan fingerprint density at radius 1 is 1.03 bits per heavy atom. The third-order valence-electron chi connectivity index (χ3n) is 6.74.